The summed E-state index contributed by atoms with van der Waals surface area (Å²) in [4.78, 5) is 9.80. The fourth-order valence-corrected chi connectivity index (χ4v) is 0.756. The van der Waals surface area contributed by atoms with Gasteiger partial charge >= 0.3 is 0 Å². The largest absolute Gasteiger partial charge is 0.457 e. The van der Waals surface area contributed by atoms with Crippen molar-refractivity contribution in [3.8, 4) is 5.75 Å². The van der Waals surface area contributed by atoms with Crippen molar-refractivity contribution in [1.29, 1.82) is 0 Å². The third kappa shape index (κ3) is 2.47. The first-order chi connectivity index (χ1) is 6.24. The summed E-state index contributed by atoms with van der Waals surface area (Å²) in [6.45, 7) is 3.31. The highest BCUT2D eigenvalue weighted by molar-refractivity contribution is 5.36. The molecule has 0 atom stereocenters. The minimum Gasteiger partial charge on any atom is -0.457 e. The number of benzene rings is 1. The van der Waals surface area contributed by atoms with Crippen molar-refractivity contribution < 1.29 is 9.66 Å². The van der Waals surface area contributed by atoms with Gasteiger partial charge in [-0.15, -0.1) is 0 Å². The smallest absolute Gasteiger partial charge is 0.269 e. The highest BCUT2D eigenvalue weighted by atomic mass is 16.6. The Balaban J connectivity index is 2.80. The zero-order chi connectivity index (χ0) is 9.68. The minimum atomic E-state index is -0.465. The molecule has 0 aliphatic rings. The summed E-state index contributed by atoms with van der Waals surface area (Å²) >= 11 is 0. The Kier molecular flexibility index (Phi) is 2.84. The maximum Gasteiger partial charge on any atom is 0.269 e. The first-order valence-corrected chi connectivity index (χ1v) is 3.49. The molecule has 4 nitrogen and oxygen atoms in total. The zero-order valence-corrected chi connectivity index (χ0v) is 6.77. The van der Waals surface area contributed by atoms with Crippen molar-refractivity contribution in [2.24, 2.45) is 0 Å². The third-order valence-corrected chi connectivity index (χ3v) is 1.33. The molecule has 0 saturated heterocycles. The summed E-state index contributed by atoms with van der Waals surface area (Å²) in [6, 6.07) is 5.75. The highest BCUT2D eigenvalue weighted by Crippen LogP contribution is 2.17. The molecule has 1 aromatic rings. The molecular weight excluding hydrogens is 170 g/mol. The molecular formula is C9H7NO3. The summed E-state index contributed by atoms with van der Waals surface area (Å²) in [5.74, 6) is 0.516. The van der Waals surface area contributed by atoms with Gasteiger partial charge in [-0.3, -0.25) is 10.1 Å². The van der Waals surface area contributed by atoms with Crippen LogP contribution >= 0.6 is 0 Å². The second kappa shape index (κ2) is 4.09. The van der Waals surface area contributed by atoms with Gasteiger partial charge in [-0.1, -0.05) is 12.3 Å². The number of ether oxygens (including phenoxy) is 1. The summed E-state index contributed by atoms with van der Waals surface area (Å²) < 4.78 is 4.97. The predicted molar refractivity (Wildman–Crippen MR) is 47.4 cm³/mol. The molecule has 0 spiro atoms. The van der Waals surface area contributed by atoms with Gasteiger partial charge in [-0.05, 0) is 12.1 Å². The van der Waals surface area contributed by atoms with Crippen molar-refractivity contribution in [2.45, 2.75) is 0 Å². The predicted octanol–water partition coefficient (Wildman–Crippen LogP) is 2.27. The molecule has 0 aromatic heterocycles. The van der Waals surface area contributed by atoms with Crippen LogP contribution in [0, 0.1) is 10.1 Å². The maximum absolute atomic E-state index is 10.3. The second-order valence-corrected chi connectivity index (χ2v) is 2.19. The van der Waals surface area contributed by atoms with E-state index in [4.69, 9.17) is 4.74 Å². The van der Waals surface area contributed by atoms with Crippen LogP contribution in [-0.2, 0) is 0 Å². The van der Waals surface area contributed by atoms with Gasteiger partial charge in [-0.2, -0.15) is 0 Å². The van der Waals surface area contributed by atoms with Gasteiger partial charge < -0.3 is 4.74 Å². The molecule has 0 bridgehead atoms. The van der Waals surface area contributed by atoms with Crippen LogP contribution in [0.3, 0.4) is 0 Å². The number of non-ortho nitro benzene ring substituents is 1. The van der Waals surface area contributed by atoms with Crippen LogP contribution in [0.15, 0.2) is 42.8 Å². The Labute approximate surface area is 74.9 Å². The van der Waals surface area contributed by atoms with Gasteiger partial charge in [0.1, 0.15) is 12.0 Å². The molecule has 1 rings (SSSR count). The summed E-state index contributed by atoms with van der Waals surface area (Å²) in [6.07, 6.45) is 1.28. The molecule has 4 heteroatoms. The SMILES string of the molecule is C=C=COc1ccc([N+](=O)[O-])cc1. The number of hydrogen-bond donors (Lipinski definition) is 0. The van der Waals surface area contributed by atoms with Gasteiger partial charge in [0.05, 0.1) is 4.92 Å². The van der Waals surface area contributed by atoms with E-state index in [9.17, 15) is 10.1 Å². The Morgan fingerprint density at radius 3 is 2.54 bits per heavy atom. The van der Waals surface area contributed by atoms with E-state index in [0.717, 1.165) is 0 Å². The van der Waals surface area contributed by atoms with E-state index in [1.54, 1.807) is 0 Å². The van der Waals surface area contributed by atoms with Gasteiger partial charge in [0.2, 0.25) is 0 Å². The van der Waals surface area contributed by atoms with Crippen LogP contribution in [0.2, 0.25) is 0 Å². The van der Waals surface area contributed by atoms with Crippen molar-refractivity contribution in [2.75, 3.05) is 0 Å². The Morgan fingerprint density at radius 2 is 2.08 bits per heavy atom. The number of nitro groups is 1. The summed E-state index contributed by atoms with van der Waals surface area (Å²) in [5.41, 5.74) is 2.46. The van der Waals surface area contributed by atoms with Crippen molar-refractivity contribution >= 4 is 5.69 Å². The molecule has 0 aliphatic heterocycles. The van der Waals surface area contributed by atoms with E-state index in [2.05, 4.69) is 12.3 Å². The molecule has 13 heavy (non-hydrogen) atoms. The van der Waals surface area contributed by atoms with Crippen LogP contribution in [0.5, 0.6) is 5.75 Å². The highest BCUT2D eigenvalue weighted by Gasteiger charge is 2.03. The number of hydrogen-bond acceptors (Lipinski definition) is 3. The quantitative estimate of drug-likeness (QED) is 0.308. The molecule has 0 N–H and O–H groups in total. The van der Waals surface area contributed by atoms with Crippen LogP contribution < -0.4 is 4.74 Å². The van der Waals surface area contributed by atoms with E-state index in [1.807, 2.05) is 0 Å². The fourth-order valence-electron chi connectivity index (χ4n) is 0.756. The lowest BCUT2D eigenvalue weighted by Crippen LogP contribution is -1.87. The average molecular weight is 177 g/mol. The Morgan fingerprint density at radius 1 is 1.46 bits per heavy atom. The average Bonchev–Trinajstić information content (AvgIpc) is 2.15. The molecule has 66 valence electrons. The lowest BCUT2D eigenvalue weighted by Gasteiger charge is -1.96. The van der Waals surface area contributed by atoms with E-state index in [1.165, 1.54) is 30.5 Å². The molecule has 0 fully saturated rings. The summed E-state index contributed by atoms with van der Waals surface area (Å²) in [7, 11) is 0. The van der Waals surface area contributed by atoms with Gasteiger partial charge in [0.25, 0.3) is 5.69 Å². The lowest BCUT2D eigenvalue weighted by atomic mass is 10.3. The molecule has 1 aromatic carbocycles. The lowest BCUT2D eigenvalue weighted by molar-refractivity contribution is -0.384. The Bertz CT molecular complexity index is 350. The van der Waals surface area contributed by atoms with Gasteiger partial charge in [0.15, 0.2) is 0 Å². The van der Waals surface area contributed by atoms with E-state index < -0.39 is 4.92 Å². The molecule has 0 heterocycles. The third-order valence-electron chi connectivity index (χ3n) is 1.33. The van der Waals surface area contributed by atoms with E-state index in [-0.39, 0.29) is 5.69 Å². The molecule has 0 saturated carbocycles. The number of nitrogens with zero attached hydrogens (tertiary/aromatic N) is 1. The molecule has 0 amide bonds. The van der Waals surface area contributed by atoms with Crippen molar-refractivity contribution in [3.63, 3.8) is 0 Å². The molecule has 0 radical (unpaired) electrons. The molecule has 0 unspecified atom stereocenters. The zero-order valence-electron chi connectivity index (χ0n) is 6.77. The topological polar surface area (TPSA) is 52.4 Å². The van der Waals surface area contributed by atoms with Crippen molar-refractivity contribution in [1.82, 2.24) is 0 Å². The summed E-state index contributed by atoms with van der Waals surface area (Å²) in [5, 5.41) is 10.3. The van der Waals surface area contributed by atoms with Crippen LogP contribution in [0.4, 0.5) is 5.69 Å². The standard InChI is InChI=1S/C9H7NO3/c1-2-7-13-9-5-3-8(4-6-9)10(11)12/h3-7H,1H2. The first kappa shape index (κ1) is 9.03. The number of rotatable bonds is 3. The van der Waals surface area contributed by atoms with Crippen LogP contribution in [0.25, 0.3) is 0 Å². The minimum absolute atomic E-state index is 0.0370. The fraction of sp³-hybridized carbons (Fsp3) is 0. The van der Waals surface area contributed by atoms with Crippen molar-refractivity contribution in [3.05, 3.63) is 53.0 Å². The van der Waals surface area contributed by atoms with Gasteiger partial charge in [-0.25, -0.2) is 0 Å². The first-order valence-electron chi connectivity index (χ1n) is 3.49. The van der Waals surface area contributed by atoms with Gasteiger partial charge in [0, 0.05) is 12.1 Å². The van der Waals surface area contributed by atoms with Crippen LogP contribution in [-0.4, -0.2) is 4.92 Å². The monoisotopic (exact) mass is 177 g/mol. The molecule has 0 aliphatic carbocycles. The number of nitro benzene ring substituents is 1. The van der Waals surface area contributed by atoms with E-state index >= 15 is 0 Å². The normalized spacial score (nSPS) is 8.62. The van der Waals surface area contributed by atoms with E-state index in [0.29, 0.717) is 5.75 Å². The van der Waals surface area contributed by atoms with Crippen LogP contribution in [0.1, 0.15) is 0 Å². The second-order valence-electron chi connectivity index (χ2n) is 2.19. The Hall–Kier alpha value is -2.06. The maximum atomic E-state index is 10.3.